The summed E-state index contributed by atoms with van der Waals surface area (Å²) in [4.78, 5) is 2.94. The third-order valence-electron chi connectivity index (χ3n) is 2.14. The van der Waals surface area contributed by atoms with Crippen LogP contribution in [0.4, 0.5) is 13.2 Å². The van der Waals surface area contributed by atoms with Crippen LogP contribution in [0.1, 0.15) is 5.56 Å². The molecule has 0 atom stereocenters. The number of aromatic nitrogens is 1. The van der Waals surface area contributed by atoms with E-state index < -0.39 is 6.18 Å². The van der Waals surface area contributed by atoms with E-state index in [4.69, 9.17) is 0 Å². The Morgan fingerprint density at radius 3 is 2.62 bits per heavy atom. The first-order valence-corrected chi connectivity index (χ1v) is 5.57. The Kier molecular flexibility index (Phi) is 2.96. The monoisotopic (exact) mass is 337 g/mol. The number of aromatic amines is 1. The topological polar surface area (TPSA) is 15.8 Å². The van der Waals surface area contributed by atoms with Crippen LogP contribution < -0.4 is 0 Å². The summed E-state index contributed by atoms with van der Waals surface area (Å²) in [6.45, 7) is 0. The van der Waals surface area contributed by atoms with Gasteiger partial charge < -0.3 is 4.98 Å². The van der Waals surface area contributed by atoms with Gasteiger partial charge in [0, 0.05) is 32.3 Å². The quantitative estimate of drug-likeness (QED) is 0.737. The molecule has 0 saturated heterocycles. The fourth-order valence-corrected chi connectivity index (χ4v) is 2.29. The van der Waals surface area contributed by atoms with Gasteiger partial charge in [0.1, 0.15) is 0 Å². The van der Waals surface area contributed by atoms with E-state index in [0.717, 1.165) is 10.9 Å². The number of fused-ring (bicyclic) bond motifs is 1. The van der Waals surface area contributed by atoms with Gasteiger partial charge in [-0.25, -0.2) is 0 Å². The van der Waals surface area contributed by atoms with Crippen molar-refractivity contribution in [3.05, 3.63) is 42.1 Å². The highest BCUT2D eigenvalue weighted by atomic mass is 127. The highest BCUT2D eigenvalue weighted by molar-refractivity contribution is 14.1. The van der Waals surface area contributed by atoms with Crippen LogP contribution in [0, 0.1) is 0 Å². The number of H-pyrrole nitrogens is 1. The predicted octanol–water partition coefficient (Wildman–Crippen LogP) is 4.51. The molecule has 1 nitrogen and oxygen atoms in total. The maximum Gasteiger partial charge on any atom is 0.410 e. The van der Waals surface area contributed by atoms with Crippen molar-refractivity contribution < 1.29 is 13.2 Å². The van der Waals surface area contributed by atoms with Crippen molar-refractivity contribution >= 4 is 37.1 Å². The van der Waals surface area contributed by atoms with Crippen molar-refractivity contribution in [2.75, 3.05) is 0 Å². The second-order valence-corrected chi connectivity index (χ2v) is 4.44. The van der Waals surface area contributed by atoms with Gasteiger partial charge in [0.05, 0.1) is 0 Å². The molecule has 0 radical (unpaired) electrons. The Bertz CT molecular complexity index is 539. The second-order valence-electron chi connectivity index (χ2n) is 3.28. The molecule has 0 amide bonds. The minimum atomic E-state index is -4.28. The van der Waals surface area contributed by atoms with Crippen molar-refractivity contribution in [3.8, 4) is 0 Å². The van der Waals surface area contributed by atoms with E-state index in [1.54, 1.807) is 40.9 Å². The van der Waals surface area contributed by atoms with E-state index in [9.17, 15) is 13.2 Å². The van der Waals surface area contributed by atoms with E-state index in [2.05, 4.69) is 4.98 Å². The number of alkyl halides is 3. The van der Waals surface area contributed by atoms with Crippen LogP contribution in [-0.2, 0) is 0 Å². The average Bonchev–Trinajstić information content (AvgIpc) is 2.58. The molecule has 0 aliphatic heterocycles. The van der Waals surface area contributed by atoms with E-state index in [0.29, 0.717) is 11.6 Å². The molecule has 0 bridgehead atoms. The van der Waals surface area contributed by atoms with Crippen molar-refractivity contribution in [2.45, 2.75) is 6.18 Å². The van der Waals surface area contributed by atoms with E-state index in [1.807, 2.05) is 12.1 Å². The van der Waals surface area contributed by atoms with Crippen molar-refractivity contribution in [2.24, 2.45) is 0 Å². The SMILES string of the molecule is FC(F)(F)/C=C(/I)c1c[nH]c2ccccc12. The zero-order chi connectivity index (χ0) is 11.8. The highest BCUT2D eigenvalue weighted by Crippen LogP contribution is 2.32. The van der Waals surface area contributed by atoms with Gasteiger partial charge >= 0.3 is 6.18 Å². The molecule has 2 aromatic rings. The van der Waals surface area contributed by atoms with Crippen LogP contribution in [0.2, 0.25) is 0 Å². The fraction of sp³-hybridized carbons (Fsp3) is 0.0909. The summed E-state index contributed by atoms with van der Waals surface area (Å²) in [7, 11) is 0. The highest BCUT2D eigenvalue weighted by Gasteiger charge is 2.24. The molecule has 16 heavy (non-hydrogen) atoms. The molecule has 0 saturated carbocycles. The zero-order valence-electron chi connectivity index (χ0n) is 7.98. The lowest BCUT2D eigenvalue weighted by atomic mass is 10.1. The van der Waals surface area contributed by atoms with Gasteiger partial charge in [0.25, 0.3) is 0 Å². The molecule has 2 rings (SSSR count). The first kappa shape index (κ1) is 11.5. The maximum absolute atomic E-state index is 12.2. The molecule has 0 unspecified atom stereocenters. The summed E-state index contributed by atoms with van der Waals surface area (Å²) < 4.78 is 36.8. The molecule has 0 spiro atoms. The Morgan fingerprint density at radius 1 is 1.25 bits per heavy atom. The fourth-order valence-electron chi connectivity index (χ4n) is 1.49. The molecule has 5 heteroatoms. The van der Waals surface area contributed by atoms with E-state index in [1.165, 1.54) is 0 Å². The molecular formula is C11H7F3IN. The van der Waals surface area contributed by atoms with E-state index >= 15 is 0 Å². The molecule has 0 fully saturated rings. The lowest BCUT2D eigenvalue weighted by Crippen LogP contribution is -2.01. The molecule has 1 heterocycles. The van der Waals surface area contributed by atoms with Crippen LogP contribution >= 0.6 is 22.6 Å². The number of halogens is 4. The van der Waals surface area contributed by atoms with Crippen molar-refractivity contribution in [3.63, 3.8) is 0 Å². The molecule has 84 valence electrons. The number of nitrogens with one attached hydrogen (secondary N) is 1. The second kappa shape index (κ2) is 4.12. The third-order valence-corrected chi connectivity index (χ3v) is 3.03. The first-order chi connectivity index (χ1) is 7.47. The summed E-state index contributed by atoms with van der Waals surface area (Å²) in [6, 6.07) is 7.26. The van der Waals surface area contributed by atoms with Crippen LogP contribution in [0.5, 0.6) is 0 Å². The van der Waals surface area contributed by atoms with Crippen LogP contribution in [0.3, 0.4) is 0 Å². The van der Waals surface area contributed by atoms with Gasteiger partial charge in [-0.2, -0.15) is 13.2 Å². The molecule has 1 aromatic carbocycles. The zero-order valence-corrected chi connectivity index (χ0v) is 10.1. The number of benzene rings is 1. The Balaban J connectivity index is 2.52. The summed E-state index contributed by atoms with van der Waals surface area (Å²) in [5, 5.41) is 0.799. The van der Waals surface area contributed by atoms with Crippen molar-refractivity contribution in [1.82, 2.24) is 4.98 Å². The number of rotatable bonds is 1. The lowest BCUT2D eigenvalue weighted by Gasteiger charge is -2.01. The number of hydrogen-bond acceptors (Lipinski definition) is 0. The molecule has 0 aliphatic carbocycles. The Morgan fingerprint density at radius 2 is 1.94 bits per heavy atom. The van der Waals surface area contributed by atoms with Crippen LogP contribution in [0.25, 0.3) is 14.5 Å². The van der Waals surface area contributed by atoms with Gasteiger partial charge in [-0.15, -0.1) is 0 Å². The summed E-state index contributed by atoms with van der Waals surface area (Å²) in [5.41, 5.74) is 1.41. The minimum Gasteiger partial charge on any atom is -0.361 e. The summed E-state index contributed by atoms with van der Waals surface area (Å²) in [6.07, 6.45) is -2.38. The smallest absolute Gasteiger partial charge is 0.361 e. The van der Waals surface area contributed by atoms with Gasteiger partial charge in [-0.1, -0.05) is 18.2 Å². The Hall–Kier alpha value is -0.980. The third kappa shape index (κ3) is 2.40. The molecule has 0 aliphatic rings. The average molecular weight is 337 g/mol. The van der Waals surface area contributed by atoms with Gasteiger partial charge in [-0.3, -0.25) is 0 Å². The normalized spacial score (nSPS) is 13.4. The summed E-state index contributed by atoms with van der Waals surface area (Å²) >= 11 is 1.70. The first-order valence-electron chi connectivity index (χ1n) is 4.49. The molecular weight excluding hydrogens is 330 g/mol. The lowest BCUT2D eigenvalue weighted by molar-refractivity contribution is -0.0791. The molecule has 1 aromatic heterocycles. The number of allylic oxidation sites excluding steroid dienone is 1. The minimum absolute atomic E-state index is 0.183. The number of para-hydroxylation sites is 1. The van der Waals surface area contributed by atoms with Gasteiger partial charge in [0.2, 0.25) is 0 Å². The van der Waals surface area contributed by atoms with Crippen molar-refractivity contribution in [1.29, 1.82) is 0 Å². The van der Waals surface area contributed by atoms with E-state index in [-0.39, 0.29) is 3.58 Å². The van der Waals surface area contributed by atoms with Gasteiger partial charge in [-0.05, 0) is 28.7 Å². The van der Waals surface area contributed by atoms with Crippen LogP contribution in [-0.4, -0.2) is 11.2 Å². The predicted molar refractivity (Wildman–Crippen MR) is 66.4 cm³/mol. The maximum atomic E-state index is 12.2. The number of hydrogen-bond donors (Lipinski definition) is 1. The van der Waals surface area contributed by atoms with Gasteiger partial charge in [0.15, 0.2) is 0 Å². The summed E-state index contributed by atoms with van der Waals surface area (Å²) in [5.74, 6) is 0. The standard InChI is InChI=1S/C11H7F3IN/c12-11(13,14)5-9(15)8-6-16-10-4-2-1-3-7(8)10/h1-6,16H/b9-5+. The Labute approximate surface area is 103 Å². The molecule has 1 N–H and O–H groups in total. The van der Waals surface area contributed by atoms with Crippen LogP contribution in [0.15, 0.2) is 36.5 Å². The largest absolute Gasteiger partial charge is 0.410 e.